The van der Waals surface area contributed by atoms with Crippen LogP contribution in [-0.4, -0.2) is 33.3 Å². The highest BCUT2D eigenvalue weighted by Gasteiger charge is 2.30. The first kappa shape index (κ1) is 24.2. The Morgan fingerprint density at radius 2 is 2.04 bits per heavy atom. The van der Waals surface area contributed by atoms with Crippen molar-refractivity contribution in [2.75, 3.05) is 6.54 Å². The molecule has 0 aliphatic rings. The highest BCUT2D eigenvalue weighted by atomic mass is 127. The van der Waals surface area contributed by atoms with Gasteiger partial charge in [0.15, 0.2) is 5.96 Å². The molecule has 2 aromatic rings. The lowest BCUT2D eigenvalue weighted by atomic mass is 10.1. The average molecular weight is 510 g/mol. The van der Waals surface area contributed by atoms with Gasteiger partial charge in [-0.05, 0) is 31.5 Å². The highest BCUT2D eigenvalue weighted by molar-refractivity contribution is 14.0. The fourth-order valence-electron chi connectivity index (χ4n) is 2.48. The second-order valence-corrected chi connectivity index (χ2v) is 6.38. The molecule has 0 saturated heterocycles. The minimum Gasteiger partial charge on any atom is -0.355 e. The zero-order valence-electron chi connectivity index (χ0n) is 16.1. The van der Waals surface area contributed by atoms with Crippen LogP contribution in [0, 0.1) is 0 Å². The summed E-state index contributed by atoms with van der Waals surface area (Å²) in [5.74, 6) is 1.45. The van der Waals surface area contributed by atoms with E-state index in [-0.39, 0.29) is 36.6 Å². The van der Waals surface area contributed by atoms with Crippen molar-refractivity contribution in [2.45, 2.75) is 52.5 Å². The topological polar surface area (TPSA) is 67.1 Å². The summed E-state index contributed by atoms with van der Waals surface area (Å²) in [7, 11) is 0. The lowest BCUT2D eigenvalue weighted by Crippen LogP contribution is -2.42. The van der Waals surface area contributed by atoms with Crippen LogP contribution in [0.1, 0.15) is 37.7 Å². The molecule has 10 heteroatoms. The van der Waals surface area contributed by atoms with E-state index in [9.17, 15) is 13.2 Å². The van der Waals surface area contributed by atoms with E-state index in [4.69, 9.17) is 0 Å². The molecule has 0 amide bonds. The predicted molar refractivity (Wildman–Crippen MR) is 114 cm³/mol. The first-order valence-corrected chi connectivity index (χ1v) is 8.87. The van der Waals surface area contributed by atoms with Crippen LogP contribution in [0.3, 0.4) is 0 Å². The number of aliphatic imine (C=N–C) groups is 1. The van der Waals surface area contributed by atoms with Gasteiger partial charge in [-0.15, -0.1) is 34.2 Å². The fourth-order valence-corrected chi connectivity index (χ4v) is 2.48. The molecule has 1 aromatic carbocycles. The molecule has 6 nitrogen and oxygen atoms in total. The van der Waals surface area contributed by atoms with Crippen molar-refractivity contribution in [1.82, 2.24) is 25.4 Å². The Kier molecular flexibility index (Phi) is 9.70. The summed E-state index contributed by atoms with van der Waals surface area (Å²) in [6.07, 6.45) is -1.89. The van der Waals surface area contributed by atoms with Gasteiger partial charge in [-0.1, -0.05) is 19.1 Å². The zero-order valence-corrected chi connectivity index (χ0v) is 18.5. The molecule has 28 heavy (non-hydrogen) atoms. The lowest BCUT2D eigenvalue weighted by Gasteiger charge is -2.16. The second kappa shape index (κ2) is 11.2. The standard InChI is InChI=1S/C18H25F3N6.HI/c1-4-16-26-24-12-27(16)9-8-22-17(25-13(2)3)23-11-14-6-5-7-15(10-14)18(19,20)21;/h5-7,10,12-13H,4,8-9,11H2,1-3H3,(H2,22,23,25);1H. The fraction of sp³-hybridized carbons (Fsp3) is 0.500. The zero-order chi connectivity index (χ0) is 19.9. The minimum atomic E-state index is -4.35. The van der Waals surface area contributed by atoms with E-state index in [2.05, 4.69) is 25.8 Å². The number of guanidine groups is 1. The van der Waals surface area contributed by atoms with Crippen LogP contribution in [0.5, 0.6) is 0 Å². The third-order valence-corrected chi connectivity index (χ3v) is 3.76. The van der Waals surface area contributed by atoms with Gasteiger partial charge in [0.1, 0.15) is 12.2 Å². The first-order chi connectivity index (χ1) is 12.8. The smallest absolute Gasteiger partial charge is 0.355 e. The van der Waals surface area contributed by atoms with Gasteiger partial charge < -0.3 is 15.2 Å². The number of benzene rings is 1. The van der Waals surface area contributed by atoms with Crippen LogP contribution in [-0.2, 0) is 25.7 Å². The van der Waals surface area contributed by atoms with E-state index < -0.39 is 11.7 Å². The third kappa shape index (κ3) is 7.64. The van der Waals surface area contributed by atoms with Crippen molar-refractivity contribution < 1.29 is 13.2 Å². The maximum atomic E-state index is 12.8. The Morgan fingerprint density at radius 1 is 1.29 bits per heavy atom. The van der Waals surface area contributed by atoms with Gasteiger partial charge in [-0.2, -0.15) is 13.2 Å². The Labute approximate surface area is 180 Å². The second-order valence-electron chi connectivity index (χ2n) is 6.38. The van der Waals surface area contributed by atoms with Crippen LogP contribution in [0.4, 0.5) is 13.2 Å². The molecule has 0 unspecified atom stereocenters. The van der Waals surface area contributed by atoms with Gasteiger partial charge in [0.05, 0.1) is 12.1 Å². The normalized spacial score (nSPS) is 12.0. The van der Waals surface area contributed by atoms with Crippen LogP contribution in [0.25, 0.3) is 0 Å². The number of hydrogen-bond acceptors (Lipinski definition) is 3. The molecular weight excluding hydrogens is 484 g/mol. The van der Waals surface area contributed by atoms with Crippen LogP contribution in [0.15, 0.2) is 35.6 Å². The molecule has 0 aliphatic carbocycles. The van der Waals surface area contributed by atoms with E-state index in [1.54, 1.807) is 12.4 Å². The largest absolute Gasteiger partial charge is 0.416 e. The number of aryl methyl sites for hydroxylation is 1. The SMILES string of the molecule is CCc1nncn1CCNC(=NCc1cccc(C(F)(F)F)c1)NC(C)C.I. The van der Waals surface area contributed by atoms with Crippen molar-refractivity contribution in [3.05, 3.63) is 47.5 Å². The monoisotopic (exact) mass is 510 g/mol. The number of rotatable bonds is 7. The molecule has 1 aromatic heterocycles. The van der Waals surface area contributed by atoms with E-state index in [1.165, 1.54) is 6.07 Å². The molecule has 2 rings (SSSR count). The van der Waals surface area contributed by atoms with Crippen molar-refractivity contribution >= 4 is 29.9 Å². The van der Waals surface area contributed by atoms with E-state index >= 15 is 0 Å². The average Bonchev–Trinajstić information content (AvgIpc) is 3.06. The van der Waals surface area contributed by atoms with E-state index in [0.29, 0.717) is 24.6 Å². The first-order valence-electron chi connectivity index (χ1n) is 8.87. The van der Waals surface area contributed by atoms with E-state index in [1.807, 2.05) is 25.3 Å². The molecule has 0 aliphatic heterocycles. The Balaban J connectivity index is 0.00000392. The van der Waals surface area contributed by atoms with Gasteiger partial charge in [0.25, 0.3) is 0 Å². The van der Waals surface area contributed by atoms with Gasteiger partial charge in [0.2, 0.25) is 0 Å². The third-order valence-electron chi connectivity index (χ3n) is 3.76. The maximum Gasteiger partial charge on any atom is 0.416 e. The summed E-state index contributed by atoms with van der Waals surface area (Å²) in [6, 6.07) is 5.36. The van der Waals surface area contributed by atoms with Crippen LogP contribution >= 0.6 is 24.0 Å². The summed E-state index contributed by atoms with van der Waals surface area (Å²) >= 11 is 0. The number of aromatic nitrogens is 3. The molecular formula is C18H26F3IN6. The summed E-state index contributed by atoms with van der Waals surface area (Å²) in [5.41, 5.74) is -0.164. The summed E-state index contributed by atoms with van der Waals surface area (Å²) < 4.78 is 40.4. The molecule has 0 fully saturated rings. The molecule has 0 saturated carbocycles. The highest BCUT2D eigenvalue weighted by Crippen LogP contribution is 2.29. The van der Waals surface area contributed by atoms with Crippen LogP contribution in [0.2, 0.25) is 0 Å². The Bertz CT molecular complexity index is 758. The lowest BCUT2D eigenvalue weighted by molar-refractivity contribution is -0.137. The number of halogens is 4. The van der Waals surface area contributed by atoms with Crippen molar-refractivity contribution in [3.8, 4) is 0 Å². The molecule has 0 radical (unpaired) electrons. The Hall–Kier alpha value is -1.85. The quantitative estimate of drug-likeness (QED) is 0.340. The van der Waals surface area contributed by atoms with E-state index in [0.717, 1.165) is 24.4 Å². The van der Waals surface area contributed by atoms with Crippen molar-refractivity contribution in [3.63, 3.8) is 0 Å². The molecule has 2 N–H and O–H groups in total. The van der Waals surface area contributed by atoms with Crippen molar-refractivity contribution in [1.29, 1.82) is 0 Å². The number of nitrogens with one attached hydrogen (secondary N) is 2. The Morgan fingerprint density at radius 3 is 2.68 bits per heavy atom. The van der Waals surface area contributed by atoms with Crippen LogP contribution < -0.4 is 10.6 Å². The maximum absolute atomic E-state index is 12.8. The molecule has 156 valence electrons. The van der Waals surface area contributed by atoms with Gasteiger partial charge in [-0.3, -0.25) is 0 Å². The number of hydrogen-bond donors (Lipinski definition) is 2. The van der Waals surface area contributed by atoms with Crippen molar-refractivity contribution in [2.24, 2.45) is 4.99 Å². The summed E-state index contributed by atoms with van der Waals surface area (Å²) in [4.78, 5) is 4.41. The van der Waals surface area contributed by atoms with Gasteiger partial charge >= 0.3 is 6.18 Å². The van der Waals surface area contributed by atoms with Gasteiger partial charge in [-0.25, -0.2) is 4.99 Å². The number of nitrogens with zero attached hydrogens (tertiary/aromatic N) is 4. The molecule has 1 heterocycles. The van der Waals surface area contributed by atoms with Gasteiger partial charge in [0, 0.05) is 25.6 Å². The minimum absolute atomic E-state index is 0. The molecule has 0 bridgehead atoms. The predicted octanol–water partition coefficient (Wildman–Crippen LogP) is 3.62. The molecule has 0 atom stereocenters. The summed E-state index contributed by atoms with van der Waals surface area (Å²) in [5, 5.41) is 14.3. The number of alkyl halides is 3. The summed E-state index contributed by atoms with van der Waals surface area (Å²) in [6.45, 7) is 7.35. The molecule has 0 spiro atoms.